The van der Waals surface area contributed by atoms with Gasteiger partial charge in [0, 0.05) is 18.9 Å². The Kier molecular flexibility index (Phi) is 3.13. The molecule has 1 unspecified atom stereocenters. The Hall–Kier alpha value is -0.230. The van der Waals surface area contributed by atoms with Crippen LogP contribution in [0.2, 0.25) is 0 Å². The van der Waals surface area contributed by atoms with Gasteiger partial charge in [-0.05, 0) is 20.3 Å². The van der Waals surface area contributed by atoms with Gasteiger partial charge < -0.3 is 5.11 Å². The zero-order valence-electron chi connectivity index (χ0n) is 8.83. The van der Waals surface area contributed by atoms with Crippen molar-refractivity contribution in [1.82, 2.24) is 0 Å². The van der Waals surface area contributed by atoms with Gasteiger partial charge in [0.1, 0.15) is 0 Å². The summed E-state index contributed by atoms with van der Waals surface area (Å²) < 4.78 is 48.8. The first-order valence-corrected chi connectivity index (χ1v) is 6.51. The highest BCUT2D eigenvalue weighted by atomic mass is 32.2. The number of aliphatic hydroxyl groups is 1. The van der Waals surface area contributed by atoms with E-state index in [1.54, 1.807) is 0 Å². The minimum atomic E-state index is -3.44. The lowest BCUT2D eigenvalue weighted by Gasteiger charge is -2.32. The van der Waals surface area contributed by atoms with Crippen molar-refractivity contribution >= 4 is 9.84 Å². The van der Waals surface area contributed by atoms with Crippen molar-refractivity contribution in [2.75, 3.05) is 12.4 Å². The number of alkyl halides is 2. The van der Waals surface area contributed by atoms with Crippen molar-refractivity contribution < 1.29 is 22.3 Å². The van der Waals surface area contributed by atoms with E-state index < -0.39 is 39.5 Å². The van der Waals surface area contributed by atoms with Crippen LogP contribution in [0.15, 0.2) is 0 Å². The first-order chi connectivity index (χ1) is 6.65. The molecule has 0 saturated carbocycles. The number of aliphatic hydroxyl groups excluding tert-OH is 1. The Labute approximate surface area is 88.4 Å². The van der Waals surface area contributed by atoms with Gasteiger partial charge in [0.15, 0.2) is 9.84 Å². The van der Waals surface area contributed by atoms with Gasteiger partial charge in [-0.15, -0.1) is 0 Å². The summed E-state index contributed by atoms with van der Waals surface area (Å²) in [4.78, 5) is 0. The molecule has 6 heteroatoms. The minimum absolute atomic E-state index is 0.0255. The fourth-order valence-corrected chi connectivity index (χ4v) is 3.94. The molecular formula is C9H16F2O3S. The second-order valence-electron chi connectivity index (χ2n) is 4.50. The Morgan fingerprint density at radius 2 is 2.00 bits per heavy atom. The van der Waals surface area contributed by atoms with Gasteiger partial charge in [0.2, 0.25) is 0 Å². The average molecular weight is 242 g/mol. The molecule has 0 spiro atoms. The zero-order valence-corrected chi connectivity index (χ0v) is 9.65. The number of rotatable bonds is 3. The third kappa shape index (κ3) is 2.01. The van der Waals surface area contributed by atoms with Gasteiger partial charge in [0.25, 0.3) is 5.92 Å². The predicted molar refractivity (Wildman–Crippen MR) is 52.6 cm³/mol. The molecule has 1 rings (SSSR count). The van der Waals surface area contributed by atoms with Crippen LogP contribution in [0.25, 0.3) is 0 Å². The van der Waals surface area contributed by atoms with E-state index in [1.165, 1.54) is 13.8 Å². The molecule has 1 saturated heterocycles. The molecule has 1 heterocycles. The highest BCUT2D eigenvalue weighted by Crippen LogP contribution is 2.47. The topological polar surface area (TPSA) is 54.4 Å². The van der Waals surface area contributed by atoms with Crippen LogP contribution in [-0.2, 0) is 9.84 Å². The Balaban J connectivity index is 3.01. The molecule has 1 fully saturated rings. The SMILES string of the molecule is CC1(C)C(C(F)(F)CCO)CCS1(=O)=O. The molecule has 0 aliphatic carbocycles. The summed E-state index contributed by atoms with van der Waals surface area (Å²) in [5.74, 6) is -4.49. The minimum Gasteiger partial charge on any atom is -0.396 e. The average Bonchev–Trinajstić information content (AvgIpc) is 2.22. The molecule has 0 aromatic rings. The van der Waals surface area contributed by atoms with Crippen LogP contribution < -0.4 is 0 Å². The van der Waals surface area contributed by atoms with Crippen molar-refractivity contribution in [3.63, 3.8) is 0 Å². The highest BCUT2D eigenvalue weighted by molar-refractivity contribution is 7.93. The van der Waals surface area contributed by atoms with Crippen LogP contribution in [0.4, 0.5) is 8.78 Å². The van der Waals surface area contributed by atoms with Gasteiger partial charge in [-0.1, -0.05) is 0 Å². The van der Waals surface area contributed by atoms with Crippen molar-refractivity contribution in [1.29, 1.82) is 0 Å². The van der Waals surface area contributed by atoms with E-state index in [0.29, 0.717) is 0 Å². The lowest BCUT2D eigenvalue weighted by molar-refractivity contribution is -0.0827. The molecule has 0 radical (unpaired) electrons. The zero-order chi connectivity index (χ0) is 11.9. The monoisotopic (exact) mass is 242 g/mol. The fraction of sp³-hybridized carbons (Fsp3) is 1.00. The molecule has 3 nitrogen and oxygen atoms in total. The quantitative estimate of drug-likeness (QED) is 0.809. The second kappa shape index (κ2) is 3.66. The first kappa shape index (κ1) is 12.8. The number of hydrogen-bond donors (Lipinski definition) is 1. The predicted octanol–water partition coefficient (Wildman–Crippen LogP) is 1.22. The lowest BCUT2D eigenvalue weighted by atomic mass is 9.85. The summed E-state index contributed by atoms with van der Waals surface area (Å²) in [7, 11) is -3.44. The molecule has 0 bridgehead atoms. The maximum Gasteiger partial charge on any atom is 0.254 e. The lowest BCUT2D eigenvalue weighted by Crippen LogP contribution is -2.43. The van der Waals surface area contributed by atoms with Gasteiger partial charge in [-0.3, -0.25) is 0 Å². The first-order valence-electron chi connectivity index (χ1n) is 4.86. The van der Waals surface area contributed by atoms with E-state index in [1.807, 2.05) is 0 Å². The normalized spacial score (nSPS) is 29.3. The maximum atomic E-state index is 13.5. The molecule has 1 aliphatic heterocycles. The van der Waals surface area contributed by atoms with Crippen molar-refractivity contribution in [2.24, 2.45) is 5.92 Å². The van der Waals surface area contributed by atoms with E-state index in [9.17, 15) is 17.2 Å². The van der Waals surface area contributed by atoms with Crippen LogP contribution in [0.3, 0.4) is 0 Å². The third-order valence-corrected chi connectivity index (χ3v) is 5.93. The molecule has 0 aromatic heterocycles. The second-order valence-corrected chi connectivity index (χ2v) is 7.19. The van der Waals surface area contributed by atoms with Crippen LogP contribution >= 0.6 is 0 Å². The summed E-state index contributed by atoms with van der Waals surface area (Å²) in [5, 5.41) is 8.53. The summed E-state index contributed by atoms with van der Waals surface area (Å²) in [6.45, 7) is 2.05. The number of halogens is 2. The Bertz CT molecular complexity index is 335. The Morgan fingerprint density at radius 1 is 1.47 bits per heavy atom. The molecule has 90 valence electrons. The smallest absolute Gasteiger partial charge is 0.254 e. The van der Waals surface area contributed by atoms with E-state index in [0.717, 1.165) is 0 Å². The van der Waals surface area contributed by atoms with Crippen LogP contribution in [0.5, 0.6) is 0 Å². The molecule has 0 aromatic carbocycles. The van der Waals surface area contributed by atoms with Crippen molar-refractivity contribution in [2.45, 2.75) is 37.4 Å². The largest absolute Gasteiger partial charge is 0.396 e. The number of sulfone groups is 1. The van der Waals surface area contributed by atoms with E-state index >= 15 is 0 Å². The summed E-state index contributed by atoms with van der Waals surface area (Å²) in [5.41, 5.74) is 0. The summed E-state index contributed by atoms with van der Waals surface area (Å²) >= 11 is 0. The molecule has 15 heavy (non-hydrogen) atoms. The van der Waals surface area contributed by atoms with Gasteiger partial charge in [0.05, 0.1) is 10.5 Å². The van der Waals surface area contributed by atoms with Crippen LogP contribution in [-0.4, -0.2) is 36.6 Å². The highest BCUT2D eigenvalue weighted by Gasteiger charge is 2.57. The number of hydrogen-bond acceptors (Lipinski definition) is 3. The standard InChI is InChI=1S/C9H16F2O3S/c1-8(2)7(3-6-15(8,13)14)9(10,11)4-5-12/h7,12H,3-6H2,1-2H3. The summed E-state index contributed by atoms with van der Waals surface area (Å²) in [6.07, 6.45) is -0.695. The van der Waals surface area contributed by atoms with E-state index in [2.05, 4.69) is 0 Å². The van der Waals surface area contributed by atoms with Crippen LogP contribution in [0, 0.1) is 5.92 Å². The van der Waals surface area contributed by atoms with Crippen molar-refractivity contribution in [3.05, 3.63) is 0 Å². The molecule has 0 amide bonds. The van der Waals surface area contributed by atoms with E-state index in [4.69, 9.17) is 5.11 Å². The Morgan fingerprint density at radius 3 is 2.33 bits per heavy atom. The molecular weight excluding hydrogens is 226 g/mol. The molecule has 1 aliphatic rings. The summed E-state index contributed by atoms with van der Waals surface area (Å²) in [6, 6.07) is 0. The molecule has 1 atom stereocenters. The van der Waals surface area contributed by atoms with Crippen molar-refractivity contribution in [3.8, 4) is 0 Å². The van der Waals surface area contributed by atoms with Gasteiger partial charge >= 0.3 is 0 Å². The fourth-order valence-electron chi connectivity index (χ4n) is 2.14. The maximum absolute atomic E-state index is 13.5. The third-order valence-electron chi connectivity index (χ3n) is 3.27. The van der Waals surface area contributed by atoms with Crippen LogP contribution in [0.1, 0.15) is 26.7 Å². The van der Waals surface area contributed by atoms with E-state index in [-0.39, 0.29) is 12.2 Å². The van der Waals surface area contributed by atoms with Gasteiger partial charge in [-0.25, -0.2) is 17.2 Å². The van der Waals surface area contributed by atoms with Gasteiger partial charge in [-0.2, -0.15) is 0 Å². The molecule has 1 N–H and O–H groups in total.